The molecule has 4 heterocycles. The van der Waals surface area contributed by atoms with Crippen molar-refractivity contribution < 1.29 is 4.74 Å². The Balaban J connectivity index is 1.31. The number of nitrogens with zero attached hydrogens (tertiary/aromatic N) is 3. The number of pyridine rings is 1. The molecule has 0 unspecified atom stereocenters. The maximum Gasteiger partial charge on any atom is 0.155 e. The Hall–Kier alpha value is -4.71. The minimum atomic E-state index is 0.525. The molecular formula is C30H21N5O. The molecule has 3 aromatic heterocycles. The highest BCUT2D eigenvalue weighted by Gasteiger charge is 2.22. The number of ether oxygens (including phenoxy) is 1. The van der Waals surface area contributed by atoms with Gasteiger partial charge in [0.1, 0.15) is 23.8 Å². The van der Waals surface area contributed by atoms with Gasteiger partial charge in [0, 0.05) is 28.7 Å². The summed E-state index contributed by atoms with van der Waals surface area (Å²) in [6, 6.07) is 19.6. The molecule has 0 bridgehead atoms. The third kappa shape index (κ3) is 2.64. The summed E-state index contributed by atoms with van der Waals surface area (Å²) < 4.78 is 6.25. The molecule has 36 heavy (non-hydrogen) atoms. The topological polar surface area (TPSA) is 79.5 Å². The maximum absolute atomic E-state index is 6.25. The van der Waals surface area contributed by atoms with E-state index >= 15 is 0 Å². The van der Waals surface area contributed by atoms with Crippen LogP contribution in [0.4, 0.5) is 0 Å². The number of aromatic amines is 2. The molecule has 0 radical (unpaired) electrons. The van der Waals surface area contributed by atoms with Crippen LogP contribution in [0.5, 0.6) is 5.75 Å². The smallest absolute Gasteiger partial charge is 0.155 e. The predicted octanol–water partition coefficient (Wildman–Crippen LogP) is 6.98. The number of aromatic nitrogens is 5. The van der Waals surface area contributed by atoms with Gasteiger partial charge in [0.25, 0.3) is 0 Å². The number of imidazole rings is 2. The van der Waals surface area contributed by atoms with E-state index in [9.17, 15) is 0 Å². The average molecular weight is 468 g/mol. The van der Waals surface area contributed by atoms with Gasteiger partial charge < -0.3 is 14.7 Å². The van der Waals surface area contributed by atoms with Crippen LogP contribution >= 0.6 is 0 Å². The maximum atomic E-state index is 6.25. The van der Waals surface area contributed by atoms with Crippen LogP contribution in [0.1, 0.15) is 17.2 Å². The van der Waals surface area contributed by atoms with Gasteiger partial charge >= 0.3 is 0 Å². The van der Waals surface area contributed by atoms with Gasteiger partial charge in [-0.1, -0.05) is 24.3 Å². The van der Waals surface area contributed by atoms with Gasteiger partial charge in [-0.3, -0.25) is 4.98 Å². The summed E-state index contributed by atoms with van der Waals surface area (Å²) in [6.07, 6.45) is 3.76. The van der Waals surface area contributed by atoms with Gasteiger partial charge in [0.05, 0.1) is 16.6 Å². The summed E-state index contributed by atoms with van der Waals surface area (Å²) in [5, 5.41) is 4.59. The van der Waals surface area contributed by atoms with Crippen LogP contribution in [0.2, 0.25) is 0 Å². The quantitative estimate of drug-likeness (QED) is 0.255. The summed E-state index contributed by atoms with van der Waals surface area (Å²) in [7, 11) is 0. The first-order valence-electron chi connectivity index (χ1n) is 12.1. The summed E-state index contributed by atoms with van der Waals surface area (Å²) >= 11 is 0. The molecule has 0 atom stereocenters. The van der Waals surface area contributed by atoms with Crippen molar-refractivity contribution in [2.75, 3.05) is 0 Å². The number of aryl methyl sites for hydroxylation is 2. The molecule has 0 spiro atoms. The number of rotatable bonds is 1. The molecule has 0 amide bonds. The van der Waals surface area contributed by atoms with Gasteiger partial charge in [0.2, 0.25) is 0 Å². The lowest BCUT2D eigenvalue weighted by atomic mass is 9.91. The second kappa shape index (κ2) is 6.92. The zero-order valence-corrected chi connectivity index (χ0v) is 19.8. The van der Waals surface area contributed by atoms with Gasteiger partial charge in [-0.25, -0.2) is 9.97 Å². The third-order valence-corrected chi connectivity index (χ3v) is 7.30. The minimum absolute atomic E-state index is 0.525. The standard InChI is InChI=1S/C30H21N5O/c1-15-32-26-8-7-23-20-5-3-17(11-19(20)14-36-30(23)29(26)35-15)18-4-6-22-24(12-18)21-9-10-31-13-25(21)28-27(22)33-16(2)34-28/h3-13H,14H2,1-2H3,(H,32,35)(H,33,34). The van der Waals surface area contributed by atoms with Crippen molar-refractivity contribution in [1.29, 1.82) is 0 Å². The Morgan fingerprint density at radius 1 is 0.722 bits per heavy atom. The molecule has 0 aliphatic carbocycles. The number of fused-ring (bicyclic) bond motifs is 11. The monoisotopic (exact) mass is 467 g/mol. The van der Waals surface area contributed by atoms with Crippen molar-refractivity contribution in [2.24, 2.45) is 0 Å². The van der Waals surface area contributed by atoms with Crippen LogP contribution in [0, 0.1) is 13.8 Å². The lowest BCUT2D eigenvalue weighted by Gasteiger charge is -2.22. The average Bonchev–Trinajstić information content (AvgIpc) is 3.49. The van der Waals surface area contributed by atoms with E-state index in [1.54, 1.807) is 0 Å². The van der Waals surface area contributed by atoms with E-state index in [-0.39, 0.29) is 0 Å². The van der Waals surface area contributed by atoms with Crippen molar-refractivity contribution in [1.82, 2.24) is 24.9 Å². The van der Waals surface area contributed by atoms with Crippen molar-refractivity contribution in [3.05, 3.63) is 84.2 Å². The molecule has 1 aliphatic rings. The van der Waals surface area contributed by atoms with Crippen molar-refractivity contribution in [3.63, 3.8) is 0 Å². The number of H-pyrrole nitrogens is 2. The van der Waals surface area contributed by atoms with E-state index < -0.39 is 0 Å². The summed E-state index contributed by atoms with van der Waals surface area (Å²) in [5.74, 6) is 2.66. The highest BCUT2D eigenvalue weighted by Crippen LogP contribution is 2.43. The van der Waals surface area contributed by atoms with Crippen LogP contribution in [-0.2, 0) is 6.61 Å². The Labute approximate surface area is 206 Å². The Bertz CT molecular complexity index is 2030. The molecule has 0 saturated carbocycles. The van der Waals surface area contributed by atoms with E-state index in [0.29, 0.717) is 6.61 Å². The van der Waals surface area contributed by atoms with Gasteiger partial charge in [-0.15, -0.1) is 0 Å². The molecule has 8 rings (SSSR count). The SMILES string of the molecule is Cc1nc2c3c(ccc2[nH]1)-c1ccc(-c2ccc4c(c2)c2ccncc2c2nc(C)[nH]c42)cc1CO3. The largest absolute Gasteiger partial charge is 0.486 e. The molecule has 6 heteroatoms. The zero-order chi connectivity index (χ0) is 24.0. The number of benzene rings is 4. The molecule has 172 valence electrons. The normalized spacial score (nSPS) is 12.8. The van der Waals surface area contributed by atoms with Gasteiger partial charge in [-0.2, -0.15) is 0 Å². The van der Waals surface area contributed by atoms with Gasteiger partial charge in [0.15, 0.2) is 5.75 Å². The lowest BCUT2D eigenvalue weighted by Crippen LogP contribution is -2.06. The van der Waals surface area contributed by atoms with Crippen LogP contribution in [0.25, 0.3) is 65.9 Å². The molecule has 1 aliphatic heterocycles. The van der Waals surface area contributed by atoms with E-state index in [1.165, 1.54) is 33.0 Å². The molecule has 7 aromatic rings. The first kappa shape index (κ1) is 19.6. The van der Waals surface area contributed by atoms with E-state index in [0.717, 1.165) is 55.8 Å². The molecule has 0 fully saturated rings. The second-order valence-corrected chi connectivity index (χ2v) is 9.55. The molecule has 4 aromatic carbocycles. The number of hydrogen-bond acceptors (Lipinski definition) is 4. The molecule has 6 nitrogen and oxygen atoms in total. The van der Waals surface area contributed by atoms with Gasteiger partial charge in [-0.05, 0) is 77.2 Å². The van der Waals surface area contributed by atoms with Crippen molar-refractivity contribution >= 4 is 43.6 Å². The summed E-state index contributed by atoms with van der Waals surface area (Å²) in [4.78, 5) is 20.5. The highest BCUT2D eigenvalue weighted by molar-refractivity contribution is 6.23. The van der Waals surface area contributed by atoms with E-state index in [4.69, 9.17) is 9.72 Å². The first-order valence-corrected chi connectivity index (χ1v) is 12.1. The van der Waals surface area contributed by atoms with E-state index in [2.05, 4.69) is 74.5 Å². The van der Waals surface area contributed by atoms with Crippen LogP contribution in [0.3, 0.4) is 0 Å². The molecular weight excluding hydrogens is 446 g/mol. The van der Waals surface area contributed by atoms with Crippen molar-refractivity contribution in [2.45, 2.75) is 20.5 Å². The summed E-state index contributed by atoms with van der Waals surface area (Å²) in [5.41, 5.74) is 9.76. The first-order chi connectivity index (χ1) is 17.6. The minimum Gasteiger partial charge on any atom is -0.486 e. The fourth-order valence-corrected chi connectivity index (χ4v) is 5.70. The van der Waals surface area contributed by atoms with Crippen LogP contribution < -0.4 is 4.74 Å². The third-order valence-electron chi connectivity index (χ3n) is 7.30. The second-order valence-electron chi connectivity index (χ2n) is 9.55. The number of hydrogen-bond donors (Lipinski definition) is 2. The van der Waals surface area contributed by atoms with Crippen LogP contribution in [-0.4, -0.2) is 24.9 Å². The fraction of sp³-hybridized carbons (Fsp3) is 0.100. The Kier molecular flexibility index (Phi) is 3.76. The highest BCUT2D eigenvalue weighted by atomic mass is 16.5. The number of nitrogens with one attached hydrogen (secondary N) is 2. The lowest BCUT2D eigenvalue weighted by molar-refractivity contribution is 0.305. The Morgan fingerprint density at radius 3 is 2.47 bits per heavy atom. The zero-order valence-electron chi connectivity index (χ0n) is 19.8. The fourth-order valence-electron chi connectivity index (χ4n) is 5.70. The Morgan fingerprint density at radius 2 is 1.53 bits per heavy atom. The molecule has 2 N–H and O–H groups in total. The summed E-state index contributed by atoms with van der Waals surface area (Å²) in [6.45, 7) is 4.49. The predicted molar refractivity (Wildman–Crippen MR) is 143 cm³/mol. The van der Waals surface area contributed by atoms with Crippen LogP contribution in [0.15, 0.2) is 67.0 Å². The van der Waals surface area contributed by atoms with E-state index in [1.807, 2.05) is 26.2 Å². The van der Waals surface area contributed by atoms with Crippen molar-refractivity contribution in [3.8, 4) is 28.0 Å². The molecule has 0 saturated heterocycles.